The average Bonchev–Trinajstić information content (AvgIpc) is 4.26. The van der Waals surface area contributed by atoms with Crippen LogP contribution in [0.4, 0.5) is 0 Å². The molecule has 0 radical (unpaired) electrons. The Morgan fingerprint density at radius 1 is 0.306 bits per heavy atom. The number of furan rings is 2. The van der Waals surface area contributed by atoms with E-state index in [0.717, 1.165) is 55.3 Å². The lowest BCUT2D eigenvalue weighted by Gasteiger charge is -2.19. The maximum absolute atomic E-state index is 6.36. The van der Waals surface area contributed by atoms with Crippen molar-refractivity contribution in [2.45, 2.75) is 52.4 Å². The maximum atomic E-state index is 6.36. The molecule has 0 unspecified atom stereocenters. The molecule has 0 spiro atoms. The molecule has 8 aromatic heterocycles. The van der Waals surface area contributed by atoms with E-state index in [9.17, 15) is 0 Å². The Balaban J connectivity index is 1.05. The van der Waals surface area contributed by atoms with Gasteiger partial charge in [-0.3, -0.25) is 0 Å². The van der Waals surface area contributed by atoms with Crippen molar-refractivity contribution in [3.8, 4) is 11.4 Å². The van der Waals surface area contributed by atoms with E-state index in [1.165, 1.54) is 109 Å². The number of rotatable bonds is 2. The summed E-state index contributed by atoms with van der Waals surface area (Å²) in [6.45, 7) is 14.2. The molecule has 0 bridgehead atoms. The summed E-state index contributed by atoms with van der Waals surface area (Å²) in [7, 11) is 0. The molecular weight excluding hydrogens is 881 g/mol. The molecule has 0 aliphatic carbocycles. The third kappa shape index (κ3) is 4.71. The fourth-order valence-corrected chi connectivity index (χ4v) is 13.4. The lowest BCUT2D eigenvalue weighted by Crippen LogP contribution is -2.14. The van der Waals surface area contributed by atoms with Crippen LogP contribution in [-0.4, -0.2) is 17.9 Å². The van der Waals surface area contributed by atoms with Crippen LogP contribution in [-0.2, 0) is 10.8 Å². The van der Waals surface area contributed by atoms with E-state index in [0.29, 0.717) is 0 Å². The fourth-order valence-electron chi connectivity index (χ4n) is 13.4. The highest BCUT2D eigenvalue weighted by Crippen LogP contribution is 2.51. The van der Waals surface area contributed by atoms with Crippen molar-refractivity contribution in [2.24, 2.45) is 0 Å². The Bertz CT molecular complexity index is 4910. The largest absolute Gasteiger partial charge is 0.456 e. The zero-order valence-corrected chi connectivity index (χ0v) is 40.8. The second kappa shape index (κ2) is 12.8. The summed E-state index contributed by atoms with van der Waals surface area (Å²) in [4.78, 5) is 0. The third-order valence-electron chi connectivity index (χ3n) is 16.3. The van der Waals surface area contributed by atoms with Gasteiger partial charge in [0.05, 0.1) is 44.1 Å². The average molecular weight is 927 g/mol. The summed E-state index contributed by atoms with van der Waals surface area (Å²) in [5.41, 5.74) is 18.0. The normalized spacial score (nSPS) is 13.4. The molecular formula is C66H46N4O2. The molecule has 72 heavy (non-hydrogen) atoms. The first-order valence-electron chi connectivity index (χ1n) is 25.2. The summed E-state index contributed by atoms with van der Waals surface area (Å²) in [5.74, 6) is 0. The summed E-state index contributed by atoms with van der Waals surface area (Å²) < 4.78 is 22.9. The van der Waals surface area contributed by atoms with Gasteiger partial charge in [-0.25, -0.2) is 0 Å². The van der Waals surface area contributed by atoms with Crippen LogP contribution in [0.3, 0.4) is 0 Å². The standard InChI is InChI=1S/C66H46N4O2/c1-65(2,3)57-29-35-27-51-59(41-17-7-11-19-47(41)67(51)37-23-25-55-43(31-37)39-15-9-13-21-53(39)71-55)61-45-33-46-50(34-49(45)69(57)63(35)61)70-58(66(4,5)6)30-36-28-52-60(62(46)64(36)70)42-18-8-12-20-48(42)68(52)38-24-26-56-44(32-38)40-16-10-14-22-54(40)72-56/h7-34H,1-6H3. The predicted octanol–water partition coefficient (Wildman–Crippen LogP) is 18.3. The molecule has 0 saturated carbocycles. The molecule has 6 nitrogen and oxygen atoms in total. The lowest BCUT2D eigenvalue weighted by molar-refractivity contribution is 0.567. The molecule has 9 aromatic carbocycles. The molecule has 0 amide bonds. The van der Waals surface area contributed by atoms with Gasteiger partial charge in [0.15, 0.2) is 0 Å². The van der Waals surface area contributed by atoms with Crippen molar-refractivity contribution in [2.75, 3.05) is 0 Å². The highest BCUT2D eigenvalue weighted by atomic mass is 16.3. The quantitative estimate of drug-likeness (QED) is 0.173. The van der Waals surface area contributed by atoms with Gasteiger partial charge in [0.25, 0.3) is 0 Å². The summed E-state index contributed by atoms with van der Waals surface area (Å²) >= 11 is 0. The van der Waals surface area contributed by atoms with E-state index < -0.39 is 0 Å². The minimum absolute atomic E-state index is 0.133. The number of hydrogen-bond donors (Lipinski definition) is 0. The smallest absolute Gasteiger partial charge is 0.135 e. The Morgan fingerprint density at radius 2 is 0.708 bits per heavy atom. The second-order valence-corrected chi connectivity index (χ2v) is 22.5. The van der Waals surface area contributed by atoms with E-state index in [4.69, 9.17) is 8.83 Å². The van der Waals surface area contributed by atoms with Gasteiger partial charge in [0, 0.05) is 109 Å². The number of aromatic nitrogens is 4. The van der Waals surface area contributed by atoms with Crippen LogP contribution < -0.4 is 0 Å². The number of fused-ring (bicyclic) bond motifs is 20. The van der Waals surface area contributed by atoms with Crippen LogP contribution in [0.2, 0.25) is 0 Å². The van der Waals surface area contributed by atoms with Crippen molar-refractivity contribution < 1.29 is 8.83 Å². The highest BCUT2D eigenvalue weighted by molar-refractivity contribution is 6.37. The molecule has 17 rings (SSSR count). The molecule has 342 valence electrons. The van der Waals surface area contributed by atoms with Crippen molar-refractivity contribution >= 4 is 142 Å². The molecule has 0 aliphatic rings. The molecule has 0 fully saturated rings. The van der Waals surface area contributed by atoms with E-state index in [-0.39, 0.29) is 10.8 Å². The van der Waals surface area contributed by atoms with Gasteiger partial charge in [0.1, 0.15) is 22.3 Å². The van der Waals surface area contributed by atoms with E-state index in [2.05, 4.69) is 217 Å². The zero-order valence-electron chi connectivity index (χ0n) is 40.8. The summed E-state index contributed by atoms with van der Waals surface area (Å²) in [5, 5.41) is 17.2. The number of nitrogens with zero attached hydrogens (tertiary/aromatic N) is 4. The second-order valence-electron chi connectivity index (χ2n) is 22.5. The van der Waals surface area contributed by atoms with Gasteiger partial charge in [-0.05, 0) is 97.1 Å². The fraction of sp³-hybridized carbons (Fsp3) is 0.121. The first kappa shape index (κ1) is 39.0. The van der Waals surface area contributed by atoms with Gasteiger partial charge in [-0.15, -0.1) is 0 Å². The van der Waals surface area contributed by atoms with E-state index in [1.807, 2.05) is 12.1 Å². The van der Waals surface area contributed by atoms with Gasteiger partial charge >= 0.3 is 0 Å². The molecule has 0 saturated heterocycles. The lowest BCUT2D eigenvalue weighted by atomic mass is 9.91. The molecule has 0 aliphatic heterocycles. The van der Waals surface area contributed by atoms with Crippen molar-refractivity contribution in [3.05, 3.63) is 181 Å². The minimum Gasteiger partial charge on any atom is -0.456 e. The Hall–Kier alpha value is -8.74. The van der Waals surface area contributed by atoms with Gasteiger partial charge in [-0.2, -0.15) is 0 Å². The van der Waals surface area contributed by atoms with Crippen molar-refractivity contribution in [3.63, 3.8) is 0 Å². The number of para-hydroxylation sites is 4. The van der Waals surface area contributed by atoms with E-state index in [1.54, 1.807) is 0 Å². The first-order valence-corrected chi connectivity index (χ1v) is 25.2. The monoisotopic (exact) mass is 926 g/mol. The van der Waals surface area contributed by atoms with Crippen LogP contribution in [0.5, 0.6) is 0 Å². The summed E-state index contributed by atoms with van der Waals surface area (Å²) in [6.07, 6.45) is 0. The number of benzene rings is 9. The van der Waals surface area contributed by atoms with Crippen molar-refractivity contribution in [1.29, 1.82) is 0 Å². The van der Waals surface area contributed by atoms with Crippen LogP contribution in [0.25, 0.3) is 153 Å². The molecule has 0 N–H and O–H groups in total. The third-order valence-corrected chi connectivity index (χ3v) is 16.3. The maximum Gasteiger partial charge on any atom is 0.135 e. The molecule has 8 heterocycles. The Labute approximate surface area is 411 Å². The van der Waals surface area contributed by atoms with E-state index >= 15 is 0 Å². The highest BCUT2D eigenvalue weighted by Gasteiger charge is 2.32. The SMILES string of the molecule is CC(C)(C)c1cc2cc3c(c4ccccc4n3-c3ccc4oc5ccccc5c4c3)c3c4cc5c6c7c8ccccc8n(-c8ccc9oc%10ccccc%10c9c8)c7cc7cc(C(C)(C)C)n(c5cc4n1c23)c76. The molecule has 17 aromatic rings. The minimum atomic E-state index is -0.133. The van der Waals surface area contributed by atoms with Gasteiger partial charge < -0.3 is 26.8 Å². The molecule has 6 heteroatoms. The van der Waals surface area contributed by atoms with Crippen molar-refractivity contribution in [1.82, 2.24) is 17.9 Å². The Morgan fingerprint density at radius 3 is 1.15 bits per heavy atom. The molecule has 0 atom stereocenters. The van der Waals surface area contributed by atoms with Crippen LogP contribution in [0, 0.1) is 0 Å². The van der Waals surface area contributed by atoms with Crippen LogP contribution >= 0.6 is 0 Å². The Kier molecular flexibility index (Phi) is 6.92. The van der Waals surface area contributed by atoms with Crippen LogP contribution in [0.1, 0.15) is 52.9 Å². The topological polar surface area (TPSA) is 45.0 Å². The van der Waals surface area contributed by atoms with Gasteiger partial charge in [0.2, 0.25) is 0 Å². The predicted molar refractivity (Wildman–Crippen MR) is 301 cm³/mol. The van der Waals surface area contributed by atoms with Crippen LogP contribution in [0.15, 0.2) is 179 Å². The summed E-state index contributed by atoms with van der Waals surface area (Å²) in [6, 6.07) is 63.1. The number of hydrogen-bond acceptors (Lipinski definition) is 2. The van der Waals surface area contributed by atoms with Gasteiger partial charge in [-0.1, -0.05) is 114 Å². The first-order chi connectivity index (χ1) is 35.0. The zero-order chi connectivity index (χ0) is 47.8.